The molecule has 0 fully saturated rings. The van der Waals surface area contributed by atoms with Gasteiger partial charge in [-0.25, -0.2) is 0 Å². The first-order valence-corrected chi connectivity index (χ1v) is 9.38. The fourth-order valence-corrected chi connectivity index (χ4v) is 2.94. The number of hydrogen-bond donors (Lipinski definition) is 2. The molecule has 26 heavy (non-hydrogen) atoms. The SMILES string of the molecule is COc1ccc(-c2nnc(NC(=O)C(NC(=O)C(Cl)Cl)C(C)C)s2)cc1. The number of amides is 2. The van der Waals surface area contributed by atoms with Gasteiger partial charge in [-0.3, -0.25) is 14.9 Å². The van der Waals surface area contributed by atoms with Crippen molar-refractivity contribution in [3.63, 3.8) is 0 Å². The number of carbonyl (C=O) groups excluding carboxylic acids is 2. The number of ether oxygens (including phenoxy) is 1. The number of hydrogen-bond acceptors (Lipinski definition) is 6. The van der Waals surface area contributed by atoms with Gasteiger partial charge in [0.2, 0.25) is 11.0 Å². The van der Waals surface area contributed by atoms with Crippen LogP contribution in [0.25, 0.3) is 10.6 Å². The van der Waals surface area contributed by atoms with Gasteiger partial charge in [-0.15, -0.1) is 10.2 Å². The third-order valence-electron chi connectivity index (χ3n) is 3.44. The van der Waals surface area contributed by atoms with Gasteiger partial charge in [-0.1, -0.05) is 48.4 Å². The first kappa shape index (κ1) is 20.4. The van der Waals surface area contributed by atoms with E-state index in [0.717, 1.165) is 11.3 Å². The molecule has 1 aromatic carbocycles. The Bertz CT molecular complexity index is 765. The first-order valence-electron chi connectivity index (χ1n) is 7.69. The topological polar surface area (TPSA) is 93.2 Å². The van der Waals surface area contributed by atoms with E-state index < -0.39 is 22.7 Å². The second-order valence-electron chi connectivity index (χ2n) is 5.66. The average Bonchev–Trinajstić information content (AvgIpc) is 3.07. The quantitative estimate of drug-likeness (QED) is 0.676. The number of rotatable bonds is 7. The molecule has 0 aliphatic carbocycles. The monoisotopic (exact) mass is 416 g/mol. The molecule has 1 unspecified atom stereocenters. The number of halogens is 2. The third kappa shape index (κ3) is 5.30. The van der Waals surface area contributed by atoms with Gasteiger partial charge in [-0.05, 0) is 30.2 Å². The summed E-state index contributed by atoms with van der Waals surface area (Å²) in [6, 6.07) is 6.53. The van der Waals surface area contributed by atoms with Crippen molar-refractivity contribution >= 4 is 51.5 Å². The van der Waals surface area contributed by atoms with Crippen molar-refractivity contribution in [1.82, 2.24) is 15.5 Å². The van der Waals surface area contributed by atoms with Crippen LogP contribution in [-0.4, -0.2) is 40.0 Å². The summed E-state index contributed by atoms with van der Waals surface area (Å²) in [6.07, 6.45) is 0. The molecule has 7 nitrogen and oxygen atoms in total. The summed E-state index contributed by atoms with van der Waals surface area (Å²) in [4.78, 5) is 22.9. The van der Waals surface area contributed by atoms with Gasteiger partial charge in [0.1, 0.15) is 16.8 Å². The number of nitrogens with one attached hydrogen (secondary N) is 2. The van der Waals surface area contributed by atoms with Crippen molar-refractivity contribution < 1.29 is 14.3 Å². The van der Waals surface area contributed by atoms with Crippen molar-refractivity contribution in [3.05, 3.63) is 24.3 Å². The van der Waals surface area contributed by atoms with E-state index in [-0.39, 0.29) is 5.92 Å². The van der Waals surface area contributed by atoms with Crippen LogP contribution in [0.4, 0.5) is 5.13 Å². The molecular weight excluding hydrogens is 399 g/mol. The van der Waals surface area contributed by atoms with Crippen molar-refractivity contribution in [1.29, 1.82) is 0 Å². The van der Waals surface area contributed by atoms with Crippen LogP contribution in [0.15, 0.2) is 24.3 Å². The summed E-state index contributed by atoms with van der Waals surface area (Å²) >= 11 is 12.3. The molecule has 0 aliphatic rings. The Labute approximate surface area is 165 Å². The van der Waals surface area contributed by atoms with Crippen molar-refractivity contribution in [2.24, 2.45) is 5.92 Å². The van der Waals surface area contributed by atoms with E-state index in [2.05, 4.69) is 20.8 Å². The Morgan fingerprint density at radius 3 is 2.31 bits per heavy atom. The predicted molar refractivity (Wildman–Crippen MR) is 103 cm³/mol. The molecule has 0 aliphatic heterocycles. The zero-order valence-corrected chi connectivity index (χ0v) is 16.7. The molecule has 2 amide bonds. The van der Waals surface area contributed by atoms with E-state index in [1.807, 2.05) is 24.3 Å². The number of nitrogens with zero attached hydrogens (tertiary/aromatic N) is 2. The average molecular weight is 417 g/mol. The van der Waals surface area contributed by atoms with Crippen LogP contribution in [0.5, 0.6) is 5.75 Å². The third-order valence-corrected chi connectivity index (χ3v) is 4.72. The van der Waals surface area contributed by atoms with Crippen LogP contribution in [0, 0.1) is 5.92 Å². The Morgan fingerprint density at radius 1 is 1.12 bits per heavy atom. The van der Waals surface area contributed by atoms with Crippen LogP contribution in [-0.2, 0) is 9.59 Å². The molecule has 10 heteroatoms. The number of aromatic nitrogens is 2. The highest BCUT2D eigenvalue weighted by Gasteiger charge is 2.27. The van der Waals surface area contributed by atoms with Gasteiger partial charge in [0.25, 0.3) is 5.91 Å². The minimum absolute atomic E-state index is 0.167. The Balaban J connectivity index is 2.08. The molecule has 0 spiro atoms. The molecule has 1 aromatic heterocycles. The summed E-state index contributed by atoms with van der Waals surface area (Å²) < 4.78 is 5.12. The Kier molecular flexibility index (Phi) is 7.19. The van der Waals surface area contributed by atoms with Gasteiger partial charge in [0.15, 0.2) is 4.84 Å². The molecule has 1 atom stereocenters. The molecule has 2 aromatic rings. The summed E-state index contributed by atoms with van der Waals surface area (Å²) in [5.74, 6) is -0.475. The maximum absolute atomic E-state index is 12.5. The first-order chi connectivity index (χ1) is 12.3. The molecular formula is C16H18Cl2N4O3S. The molecule has 0 radical (unpaired) electrons. The van der Waals surface area contributed by atoms with Crippen LogP contribution in [0.2, 0.25) is 0 Å². The van der Waals surface area contributed by atoms with Crippen LogP contribution in [0.3, 0.4) is 0 Å². The van der Waals surface area contributed by atoms with E-state index in [1.54, 1.807) is 21.0 Å². The van der Waals surface area contributed by atoms with E-state index in [0.29, 0.717) is 10.1 Å². The highest BCUT2D eigenvalue weighted by molar-refractivity contribution is 7.18. The lowest BCUT2D eigenvalue weighted by Crippen LogP contribution is -2.48. The number of carbonyl (C=O) groups is 2. The fourth-order valence-electron chi connectivity index (χ4n) is 2.06. The molecule has 2 N–H and O–H groups in total. The molecule has 0 saturated heterocycles. The van der Waals surface area contributed by atoms with E-state index in [1.165, 1.54) is 11.3 Å². The maximum Gasteiger partial charge on any atom is 0.253 e. The molecule has 0 saturated carbocycles. The molecule has 2 rings (SSSR count). The number of alkyl halides is 2. The smallest absolute Gasteiger partial charge is 0.253 e. The summed E-state index contributed by atoms with van der Waals surface area (Å²) in [5.41, 5.74) is 0.852. The summed E-state index contributed by atoms with van der Waals surface area (Å²) in [6.45, 7) is 3.59. The lowest BCUT2D eigenvalue weighted by molar-refractivity contribution is -0.126. The van der Waals surface area contributed by atoms with E-state index in [9.17, 15) is 9.59 Å². The van der Waals surface area contributed by atoms with Crippen LogP contribution in [0.1, 0.15) is 13.8 Å². The van der Waals surface area contributed by atoms with Crippen molar-refractivity contribution in [3.8, 4) is 16.3 Å². The highest BCUT2D eigenvalue weighted by Crippen LogP contribution is 2.28. The molecule has 140 valence electrons. The summed E-state index contributed by atoms with van der Waals surface area (Å²) in [5, 5.41) is 14.2. The lowest BCUT2D eigenvalue weighted by atomic mass is 10.0. The van der Waals surface area contributed by atoms with Gasteiger partial charge >= 0.3 is 0 Å². The van der Waals surface area contributed by atoms with Crippen LogP contribution < -0.4 is 15.4 Å². The highest BCUT2D eigenvalue weighted by atomic mass is 35.5. The normalized spacial score (nSPS) is 12.1. The zero-order chi connectivity index (χ0) is 19.3. The van der Waals surface area contributed by atoms with E-state index in [4.69, 9.17) is 27.9 Å². The minimum atomic E-state index is -1.24. The van der Waals surface area contributed by atoms with Gasteiger partial charge in [0.05, 0.1) is 7.11 Å². The fraction of sp³-hybridized carbons (Fsp3) is 0.375. The second kappa shape index (κ2) is 9.16. The van der Waals surface area contributed by atoms with Crippen molar-refractivity contribution in [2.45, 2.75) is 24.7 Å². The number of methoxy groups -OCH3 is 1. The van der Waals surface area contributed by atoms with Crippen molar-refractivity contribution in [2.75, 3.05) is 12.4 Å². The van der Waals surface area contributed by atoms with Gasteiger partial charge < -0.3 is 10.1 Å². The zero-order valence-electron chi connectivity index (χ0n) is 14.3. The second-order valence-corrected chi connectivity index (χ2v) is 7.73. The van der Waals surface area contributed by atoms with E-state index >= 15 is 0 Å². The Hall–Kier alpha value is -1.90. The standard InChI is InChI=1S/C16H18Cl2N4O3S/c1-8(2)11(19-14(24)12(17)18)13(23)20-16-22-21-15(26-16)9-4-6-10(25-3)7-5-9/h4-8,11-12H,1-3H3,(H,19,24)(H,20,22,23). The maximum atomic E-state index is 12.5. The molecule has 1 heterocycles. The van der Waals surface area contributed by atoms with Gasteiger partial charge in [-0.2, -0.15) is 0 Å². The number of anilines is 1. The predicted octanol–water partition coefficient (Wildman–Crippen LogP) is 3.10. The number of benzene rings is 1. The Morgan fingerprint density at radius 2 is 1.77 bits per heavy atom. The van der Waals surface area contributed by atoms with Crippen LogP contribution >= 0.6 is 34.5 Å². The minimum Gasteiger partial charge on any atom is -0.497 e. The largest absolute Gasteiger partial charge is 0.497 e. The molecule has 0 bridgehead atoms. The van der Waals surface area contributed by atoms with Gasteiger partial charge in [0, 0.05) is 5.56 Å². The lowest BCUT2D eigenvalue weighted by Gasteiger charge is -2.21. The summed E-state index contributed by atoms with van der Waals surface area (Å²) in [7, 11) is 1.59.